The number of Topliss-reactive ketones (excluding diaryl/α,β-unsaturated/α-hetero) is 1. The van der Waals surface area contributed by atoms with Crippen LogP contribution in [0.3, 0.4) is 0 Å². The van der Waals surface area contributed by atoms with Gasteiger partial charge in [0.15, 0.2) is 10.9 Å². The summed E-state index contributed by atoms with van der Waals surface area (Å²) in [6, 6.07) is 7.79. The number of aliphatic hydroxyl groups excluding tert-OH is 1. The first-order valence-corrected chi connectivity index (χ1v) is 15.8. The molecular formula is C32H37N5O3S. The molecule has 1 aromatic carbocycles. The maximum atomic E-state index is 13.8. The normalized spacial score (nSPS) is 35.6. The summed E-state index contributed by atoms with van der Waals surface area (Å²) < 4.78 is 1.95. The molecule has 3 N–H and O–H groups in total. The quantitative estimate of drug-likeness (QED) is 0.286. The van der Waals surface area contributed by atoms with Gasteiger partial charge in [-0.15, -0.1) is 0 Å². The number of carbonyl (C=O) groups excluding carboxylic acids is 1. The highest BCUT2D eigenvalue weighted by Gasteiger charge is 2.68. The summed E-state index contributed by atoms with van der Waals surface area (Å²) in [6.45, 7) is 12.5. The lowest BCUT2D eigenvalue weighted by molar-refractivity contribution is -0.177. The van der Waals surface area contributed by atoms with Crippen LogP contribution in [0.2, 0.25) is 0 Å². The van der Waals surface area contributed by atoms with Crippen LogP contribution in [0, 0.1) is 35.2 Å². The van der Waals surface area contributed by atoms with Crippen LogP contribution in [0.25, 0.3) is 22.0 Å². The Hall–Kier alpha value is -2.93. The number of para-hydroxylation sites is 2. The van der Waals surface area contributed by atoms with Gasteiger partial charge in [-0.1, -0.05) is 43.3 Å². The van der Waals surface area contributed by atoms with E-state index in [1.807, 2.05) is 35.1 Å². The molecule has 3 aromatic rings. The molecule has 7 atom stereocenters. The van der Waals surface area contributed by atoms with Crippen molar-refractivity contribution in [1.29, 1.82) is 0 Å². The predicted octanol–water partition coefficient (Wildman–Crippen LogP) is 4.92. The minimum absolute atomic E-state index is 0.0719. The van der Waals surface area contributed by atoms with E-state index in [4.69, 9.17) is 6.57 Å². The number of nitrogens with zero attached hydrogens (tertiary/aromatic N) is 4. The Morgan fingerprint density at radius 1 is 1.29 bits per heavy atom. The summed E-state index contributed by atoms with van der Waals surface area (Å²) >= 11 is 1.35. The van der Waals surface area contributed by atoms with Crippen molar-refractivity contribution >= 4 is 34.7 Å². The summed E-state index contributed by atoms with van der Waals surface area (Å²) in [6.07, 6.45) is 8.00. The van der Waals surface area contributed by atoms with Gasteiger partial charge in [-0.05, 0) is 85.5 Å². The minimum atomic E-state index is -1.45. The molecule has 0 bridgehead atoms. The molecule has 2 heterocycles. The standard InChI is InChI=1S/C32H37N5O3S/c1-30-15-19-17-34-37(13-12-33-3)25(19)14-20(30)8-9-21-22-10-11-32(40,31(22,2)16-26(38)28(21)30)27(39)18-41-29-35-23-6-4-5-7-24(23)36-29/h4-7,14,17,21-22,26,28,38,40H,8-13,15-16,18H2,1-2H3,(H,35,36)/t21?,22?,26-,28?,30?,31?,32-/m0/s1. The fraction of sp³-hybridized carbons (Fsp3) is 0.562. The second-order valence-electron chi connectivity index (χ2n) is 13.1. The summed E-state index contributed by atoms with van der Waals surface area (Å²) in [5, 5.41) is 29.2. The monoisotopic (exact) mass is 571 g/mol. The van der Waals surface area contributed by atoms with Gasteiger partial charge in [-0.3, -0.25) is 9.48 Å². The van der Waals surface area contributed by atoms with Crippen LogP contribution in [0.1, 0.15) is 57.2 Å². The molecule has 0 spiro atoms. The van der Waals surface area contributed by atoms with Crippen molar-refractivity contribution in [2.24, 2.45) is 28.6 Å². The number of allylic oxidation sites excluding steroid dienone is 1. The van der Waals surface area contributed by atoms with Gasteiger partial charge in [-0.2, -0.15) is 5.10 Å². The molecule has 2 aromatic heterocycles. The molecule has 41 heavy (non-hydrogen) atoms. The van der Waals surface area contributed by atoms with Gasteiger partial charge in [0, 0.05) is 5.41 Å². The highest BCUT2D eigenvalue weighted by atomic mass is 32.2. The van der Waals surface area contributed by atoms with Gasteiger partial charge in [0.1, 0.15) is 12.1 Å². The molecule has 4 aliphatic carbocycles. The molecule has 0 aliphatic heterocycles. The lowest BCUT2D eigenvalue weighted by Gasteiger charge is -2.60. The summed E-state index contributed by atoms with van der Waals surface area (Å²) in [5.74, 6) is 0.489. The minimum Gasteiger partial charge on any atom is -0.393 e. The van der Waals surface area contributed by atoms with Crippen molar-refractivity contribution < 1.29 is 15.0 Å². The van der Waals surface area contributed by atoms with Gasteiger partial charge in [0.25, 0.3) is 0 Å². The van der Waals surface area contributed by atoms with Crippen molar-refractivity contribution in [2.45, 2.75) is 75.8 Å². The third kappa shape index (κ3) is 3.90. The number of carbonyl (C=O) groups is 1. The number of hydrogen-bond acceptors (Lipinski definition) is 6. The molecular weight excluding hydrogens is 534 g/mol. The Morgan fingerprint density at radius 2 is 2.12 bits per heavy atom. The molecule has 8 nitrogen and oxygen atoms in total. The Balaban J connectivity index is 1.13. The molecule has 0 radical (unpaired) electrons. The number of thioether (sulfide) groups is 1. The van der Waals surface area contributed by atoms with Crippen LogP contribution >= 0.6 is 11.8 Å². The number of aromatic nitrogens is 4. The summed E-state index contributed by atoms with van der Waals surface area (Å²) in [7, 11) is 0. The Labute approximate surface area is 244 Å². The lowest BCUT2D eigenvalue weighted by Crippen LogP contribution is -2.62. The number of fused-ring (bicyclic) bond motifs is 7. The molecule has 4 aliphatic rings. The maximum absolute atomic E-state index is 13.8. The van der Waals surface area contributed by atoms with E-state index in [2.05, 4.69) is 39.8 Å². The number of aliphatic hydroxyl groups is 2. The third-order valence-electron chi connectivity index (χ3n) is 11.2. The Kier molecular flexibility index (Phi) is 6.27. The summed E-state index contributed by atoms with van der Waals surface area (Å²) in [5.41, 5.74) is 3.14. The number of H-pyrrole nitrogens is 1. The van der Waals surface area contributed by atoms with Crippen LogP contribution in [-0.2, 0) is 17.8 Å². The van der Waals surface area contributed by atoms with Gasteiger partial charge >= 0.3 is 0 Å². The van der Waals surface area contributed by atoms with Gasteiger partial charge < -0.3 is 20.0 Å². The highest BCUT2D eigenvalue weighted by molar-refractivity contribution is 7.99. The predicted molar refractivity (Wildman–Crippen MR) is 158 cm³/mol. The second kappa shape index (κ2) is 9.55. The van der Waals surface area contributed by atoms with Crippen LogP contribution in [0.5, 0.6) is 0 Å². The van der Waals surface area contributed by atoms with Gasteiger partial charge in [-0.25, -0.2) is 11.6 Å². The molecule has 5 unspecified atom stereocenters. The molecule has 3 saturated carbocycles. The number of imidazole rings is 1. The van der Waals surface area contributed by atoms with Crippen molar-refractivity contribution in [3.05, 3.63) is 58.7 Å². The second-order valence-corrected chi connectivity index (χ2v) is 14.1. The first-order valence-electron chi connectivity index (χ1n) is 14.8. The first kappa shape index (κ1) is 26.9. The van der Waals surface area contributed by atoms with Crippen LogP contribution in [0.15, 0.2) is 41.2 Å². The SMILES string of the molecule is [C-]#[N+]CCn1ncc2c1C=C1CCC3C([C@@H](O)CC4(C)C3CC[C@]4(O)C(=O)CSc3nc4ccccc4[nH]3)C1(C)C2. The van der Waals surface area contributed by atoms with E-state index in [9.17, 15) is 15.0 Å². The lowest BCUT2D eigenvalue weighted by atomic mass is 9.45. The first-order chi connectivity index (χ1) is 19.7. The van der Waals surface area contributed by atoms with E-state index in [-0.39, 0.29) is 34.7 Å². The van der Waals surface area contributed by atoms with Crippen LogP contribution in [-0.4, -0.2) is 59.7 Å². The number of hydrogen-bond donors (Lipinski definition) is 3. The van der Waals surface area contributed by atoms with Gasteiger partial charge in [0.2, 0.25) is 6.54 Å². The Bertz CT molecular complexity index is 1570. The Morgan fingerprint density at radius 3 is 2.93 bits per heavy atom. The van der Waals surface area contributed by atoms with E-state index >= 15 is 0 Å². The topological polar surface area (TPSA) is 108 Å². The number of ketones is 1. The highest BCUT2D eigenvalue weighted by Crippen LogP contribution is 2.67. The zero-order chi connectivity index (χ0) is 28.6. The number of benzene rings is 1. The number of rotatable bonds is 6. The smallest absolute Gasteiger partial charge is 0.234 e. The zero-order valence-electron chi connectivity index (χ0n) is 23.6. The molecule has 214 valence electrons. The van der Waals surface area contributed by atoms with Crippen molar-refractivity contribution in [1.82, 2.24) is 19.7 Å². The number of aromatic amines is 1. The molecule has 0 saturated heterocycles. The van der Waals surface area contributed by atoms with Crippen molar-refractivity contribution in [3.8, 4) is 0 Å². The van der Waals surface area contributed by atoms with Crippen LogP contribution in [0.4, 0.5) is 0 Å². The van der Waals surface area contributed by atoms with Crippen LogP contribution < -0.4 is 0 Å². The van der Waals surface area contributed by atoms with Crippen molar-refractivity contribution in [2.75, 3.05) is 12.3 Å². The van der Waals surface area contributed by atoms with E-state index in [0.717, 1.165) is 42.4 Å². The van der Waals surface area contributed by atoms with Gasteiger partial charge in [0.05, 0.1) is 34.8 Å². The van der Waals surface area contributed by atoms with E-state index in [0.29, 0.717) is 31.1 Å². The maximum Gasteiger partial charge on any atom is 0.234 e. The van der Waals surface area contributed by atoms with E-state index in [1.165, 1.54) is 22.9 Å². The van der Waals surface area contributed by atoms with E-state index < -0.39 is 17.1 Å². The largest absolute Gasteiger partial charge is 0.393 e. The number of nitrogens with one attached hydrogen (secondary N) is 1. The average molecular weight is 572 g/mol. The van der Waals surface area contributed by atoms with E-state index in [1.54, 1.807) is 0 Å². The zero-order valence-corrected chi connectivity index (χ0v) is 24.5. The average Bonchev–Trinajstić information content (AvgIpc) is 3.62. The molecule has 9 heteroatoms. The molecule has 0 amide bonds. The fourth-order valence-corrected chi connectivity index (χ4v) is 10.1. The van der Waals surface area contributed by atoms with Crippen molar-refractivity contribution in [3.63, 3.8) is 0 Å². The fourth-order valence-electron chi connectivity index (χ4n) is 9.28. The molecule has 3 fully saturated rings. The molecule has 7 rings (SSSR count). The third-order valence-corrected chi connectivity index (χ3v) is 12.1. The summed E-state index contributed by atoms with van der Waals surface area (Å²) in [4.78, 5) is 25.1.